The third-order valence-electron chi connectivity index (χ3n) is 2.20. The fourth-order valence-electron chi connectivity index (χ4n) is 0.853. The van der Waals surface area contributed by atoms with Crippen LogP contribution in [-0.4, -0.2) is 31.0 Å². The highest BCUT2D eigenvalue weighted by Crippen LogP contribution is 2.13. The minimum atomic E-state index is -0.702. The maximum atomic E-state index is 11.5. The second-order valence-electron chi connectivity index (χ2n) is 3.09. The van der Waals surface area contributed by atoms with Crippen LogP contribution in [0.1, 0.15) is 26.7 Å². The summed E-state index contributed by atoms with van der Waals surface area (Å²) in [6.07, 6.45) is 1.45. The molecule has 0 bridgehead atoms. The first-order valence-corrected chi connectivity index (χ1v) is 5.03. The van der Waals surface area contributed by atoms with Crippen LogP contribution in [0.5, 0.6) is 0 Å². The third-order valence-corrected chi connectivity index (χ3v) is 2.47. The Bertz CT molecular complexity index is 158. The van der Waals surface area contributed by atoms with Crippen molar-refractivity contribution in [1.29, 1.82) is 0 Å². The SMILES string of the molecule is CCC(C)(OC)C(=O)NCCCCl. The Hall–Kier alpha value is -0.280. The van der Waals surface area contributed by atoms with Crippen molar-refractivity contribution in [3.05, 3.63) is 0 Å². The number of hydrogen-bond acceptors (Lipinski definition) is 2. The van der Waals surface area contributed by atoms with Crippen LogP contribution in [0.4, 0.5) is 0 Å². The van der Waals surface area contributed by atoms with Gasteiger partial charge >= 0.3 is 0 Å². The molecule has 0 rings (SSSR count). The first-order valence-electron chi connectivity index (χ1n) is 4.50. The predicted molar refractivity (Wildman–Crippen MR) is 54.1 cm³/mol. The summed E-state index contributed by atoms with van der Waals surface area (Å²) >= 11 is 5.48. The Morgan fingerprint density at radius 2 is 2.23 bits per heavy atom. The van der Waals surface area contributed by atoms with E-state index in [1.165, 1.54) is 0 Å². The highest BCUT2D eigenvalue weighted by atomic mass is 35.5. The van der Waals surface area contributed by atoms with Gasteiger partial charge in [-0.05, 0) is 19.8 Å². The van der Waals surface area contributed by atoms with Gasteiger partial charge in [-0.15, -0.1) is 11.6 Å². The number of carbonyl (C=O) groups is 1. The van der Waals surface area contributed by atoms with Gasteiger partial charge in [0.1, 0.15) is 5.60 Å². The van der Waals surface area contributed by atoms with Crippen molar-refractivity contribution in [2.24, 2.45) is 0 Å². The Balaban J connectivity index is 3.92. The summed E-state index contributed by atoms with van der Waals surface area (Å²) in [7, 11) is 1.55. The van der Waals surface area contributed by atoms with E-state index in [2.05, 4.69) is 5.32 Å². The Morgan fingerprint density at radius 3 is 2.62 bits per heavy atom. The van der Waals surface area contributed by atoms with Gasteiger partial charge in [-0.1, -0.05) is 6.92 Å². The summed E-state index contributed by atoms with van der Waals surface area (Å²) in [4.78, 5) is 11.5. The molecule has 0 aromatic rings. The molecule has 0 aromatic carbocycles. The quantitative estimate of drug-likeness (QED) is 0.530. The van der Waals surface area contributed by atoms with Crippen molar-refractivity contribution in [2.75, 3.05) is 19.5 Å². The second-order valence-corrected chi connectivity index (χ2v) is 3.46. The van der Waals surface area contributed by atoms with Crippen molar-refractivity contribution < 1.29 is 9.53 Å². The predicted octanol–water partition coefficient (Wildman–Crippen LogP) is 1.55. The molecule has 0 aliphatic rings. The zero-order valence-corrected chi connectivity index (χ0v) is 9.28. The van der Waals surface area contributed by atoms with Gasteiger partial charge in [-0.2, -0.15) is 0 Å². The Labute approximate surface area is 84.8 Å². The van der Waals surface area contributed by atoms with E-state index in [1.807, 2.05) is 6.92 Å². The first-order chi connectivity index (χ1) is 6.10. The van der Waals surface area contributed by atoms with Gasteiger partial charge < -0.3 is 10.1 Å². The molecule has 78 valence electrons. The van der Waals surface area contributed by atoms with Gasteiger partial charge in [-0.25, -0.2) is 0 Å². The van der Waals surface area contributed by atoms with E-state index in [1.54, 1.807) is 14.0 Å². The van der Waals surface area contributed by atoms with E-state index in [4.69, 9.17) is 16.3 Å². The van der Waals surface area contributed by atoms with Crippen molar-refractivity contribution >= 4 is 17.5 Å². The van der Waals surface area contributed by atoms with Crippen LogP contribution in [0.3, 0.4) is 0 Å². The Kier molecular flexibility index (Phi) is 6.08. The highest BCUT2D eigenvalue weighted by Gasteiger charge is 2.30. The minimum absolute atomic E-state index is 0.0670. The number of methoxy groups -OCH3 is 1. The number of amides is 1. The van der Waals surface area contributed by atoms with Crippen LogP contribution < -0.4 is 5.32 Å². The van der Waals surface area contributed by atoms with Crippen LogP contribution in [-0.2, 0) is 9.53 Å². The number of hydrogen-bond donors (Lipinski definition) is 1. The lowest BCUT2D eigenvalue weighted by molar-refractivity contribution is -0.141. The molecule has 0 aromatic heterocycles. The average molecular weight is 208 g/mol. The fraction of sp³-hybridized carbons (Fsp3) is 0.889. The summed E-state index contributed by atoms with van der Waals surface area (Å²) in [6, 6.07) is 0. The van der Waals surface area contributed by atoms with Crippen molar-refractivity contribution in [2.45, 2.75) is 32.3 Å². The van der Waals surface area contributed by atoms with Crippen LogP contribution in [0.15, 0.2) is 0 Å². The van der Waals surface area contributed by atoms with Crippen molar-refractivity contribution in [1.82, 2.24) is 5.32 Å². The molecule has 0 aliphatic heterocycles. The normalized spacial score (nSPS) is 15.1. The van der Waals surface area contributed by atoms with Crippen molar-refractivity contribution in [3.63, 3.8) is 0 Å². The lowest BCUT2D eigenvalue weighted by atomic mass is 10.0. The Morgan fingerprint density at radius 1 is 1.62 bits per heavy atom. The summed E-state index contributed by atoms with van der Waals surface area (Å²) < 4.78 is 5.13. The van der Waals surface area contributed by atoms with E-state index in [0.717, 1.165) is 6.42 Å². The zero-order chi connectivity index (χ0) is 10.3. The molecular formula is C9H18ClNO2. The molecule has 13 heavy (non-hydrogen) atoms. The van der Waals surface area contributed by atoms with Gasteiger partial charge in [0, 0.05) is 19.5 Å². The summed E-state index contributed by atoms with van der Waals surface area (Å²) in [5, 5.41) is 2.78. The van der Waals surface area contributed by atoms with E-state index in [0.29, 0.717) is 18.8 Å². The molecule has 0 radical (unpaired) electrons. The molecule has 0 saturated carbocycles. The van der Waals surface area contributed by atoms with Crippen LogP contribution in [0.25, 0.3) is 0 Å². The summed E-state index contributed by atoms with van der Waals surface area (Å²) in [5.74, 6) is 0.499. The van der Waals surface area contributed by atoms with Gasteiger partial charge in [0.25, 0.3) is 5.91 Å². The van der Waals surface area contributed by atoms with Crippen LogP contribution in [0.2, 0.25) is 0 Å². The van der Waals surface area contributed by atoms with E-state index >= 15 is 0 Å². The molecule has 1 unspecified atom stereocenters. The zero-order valence-electron chi connectivity index (χ0n) is 8.52. The monoisotopic (exact) mass is 207 g/mol. The van der Waals surface area contributed by atoms with Crippen LogP contribution >= 0.6 is 11.6 Å². The average Bonchev–Trinajstić information content (AvgIpc) is 2.17. The summed E-state index contributed by atoms with van der Waals surface area (Å²) in [5.41, 5.74) is -0.702. The molecular weight excluding hydrogens is 190 g/mol. The van der Waals surface area contributed by atoms with E-state index in [-0.39, 0.29) is 5.91 Å². The fourth-order valence-corrected chi connectivity index (χ4v) is 0.987. The molecule has 1 amide bonds. The minimum Gasteiger partial charge on any atom is -0.369 e. The molecule has 4 heteroatoms. The molecule has 0 heterocycles. The summed E-state index contributed by atoms with van der Waals surface area (Å²) in [6.45, 7) is 4.31. The number of rotatable bonds is 6. The van der Waals surface area contributed by atoms with Gasteiger partial charge in [0.05, 0.1) is 0 Å². The van der Waals surface area contributed by atoms with Crippen LogP contribution in [0, 0.1) is 0 Å². The molecule has 0 fully saturated rings. The first kappa shape index (κ1) is 12.7. The van der Waals surface area contributed by atoms with Gasteiger partial charge in [-0.3, -0.25) is 4.79 Å². The highest BCUT2D eigenvalue weighted by molar-refractivity contribution is 6.17. The van der Waals surface area contributed by atoms with Crippen molar-refractivity contribution in [3.8, 4) is 0 Å². The maximum absolute atomic E-state index is 11.5. The number of nitrogens with one attached hydrogen (secondary N) is 1. The standard InChI is InChI=1S/C9H18ClNO2/c1-4-9(2,13-3)8(12)11-7-5-6-10/h4-7H2,1-3H3,(H,11,12). The smallest absolute Gasteiger partial charge is 0.251 e. The lowest BCUT2D eigenvalue weighted by Gasteiger charge is -2.25. The van der Waals surface area contributed by atoms with E-state index < -0.39 is 5.60 Å². The number of alkyl halides is 1. The third kappa shape index (κ3) is 3.96. The lowest BCUT2D eigenvalue weighted by Crippen LogP contribution is -2.45. The largest absolute Gasteiger partial charge is 0.369 e. The molecule has 0 spiro atoms. The van der Waals surface area contributed by atoms with Gasteiger partial charge in [0.2, 0.25) is 0 Å². The maximum Gasteiger partial charge on any atom is 0.251 e. The van der Waals surface area contributed by atoms with E-state index in [9.17, 15) is 4.79 Å². The second kappa shape index (κ2) is 6.22. The molecule has 3 nitrogen and oxygen atoms in total. The number of halogens is 1. The molecule has 1 N–H and O–H groups in total. The number of ether oxygens (including phenoxy) is 1. The topological polar surface area (TPSA) is 38.3 Å². The molecule has 0 aliphatic carbocycles. The van der Waals surface area contributed by atoms with Gasteiger partial charge in [0.15, 0.2) is 0 Å². The molecule has 0 saturated heterocycles. The number of carbonyl (C=O) groups excluding carboxylic acids is 1. The molecule has 1 atom stereocenters.